The monoisotopic (exact) mass is 419 g/mol. The van der Waals surface area contributed by atoms with E-state index in [4.69, 9.17) is 4.98 Å². The first-order chi connectivity index (χ1) is 15.3. The van der Waals surface area contributed by atoms with Crippen molar-refractivity contribution >= 4 is 31.5 Å². The third-order valence-electron chi connectivity index (χ3n) is 6.70. The molecule has 2 heteroatoms. The van der Waals surface area contributed by atoms with Crippen molar-refractivity contribution in [2.75, 3.05) is 0 Å². The molecule has 1 aliphatic carbocycles. The number of benzene rings is 3. The SMILES string of the molecule is c1ccc(-c2ccc3sc4cc(-c5cc(CC6CCCC6)ccn5)ccc4c3c2)cc1. The topological polar surface area (TPSA) is 12.9 Å². The normalized spacial score (nSPS) is 14.6. The zero-order valence-electron chi connectivity index (χ0n) is 17.6. The van der Waals surface area contributed by atoms with E-state index in [2.05, 4.69) is 78.9 Å². The molecule has 1 saturated carbocycles. The van der Waals surface area contributed by atoms with Crippen molar-refractivity contribution in [3.63, 3.8) is 0 Å². The van der Waals surface area contributed by atoms with Crippen LogP contribution < -0.4 is 0 Å². The Hall–Kier alpha value is -2.97. The van der Waals surface area contributed by atoms with Gasteiger partial charge in [-0.1, -0.05) is 74.2 Å². The molecule has 152 valence electrons. The van der Waals surface area contributed by atoms with Crippen molar-refractivity contribution < 1.29 is 0 Å². The first-order valence-electron chi connectivity index (χ1n) is 11.3. The van der Waals surface area contributed by atoms with Crippen molar-refractivity contribution in [3.05, 3.63) is 90.6 Å². The van der Waals surface area contributed by atoms with Crippen LogP contribution in [-0.2, 0) is 6.42 Å². The zero-order chi connectivity index (χ0) is 20.6. The number of aromatic nitrogens is 1. The summed E-state index contributed by atoms with van der Waals surface area (Å²) >= 11 is 1.88. The minimum absolute atomic E-state index is 0.860. The van der Waals surface area contributed by atoms with Gasteiger partial charge in [-0.05, 0) is 59.4 Å². The number of hydrogen-bond acceptors (Lipinski definition) is 2. The molecule has 0 unspecified atom stereocenters. The lowest BCUT2D eigenvalue weighted by atomic mass is 9.97. The van der Waals surface area contributed by atoms with Crippen LogP contribution >= 0.6 is 11.3 Å². The van der Waals surface area contributed by atoms with Gasteiger partial charge in [-0.25, -0.2) is 0 Å². The number of fused-ring (bicyclic) bond motifs is 3. The molecule has 1 fully saturated rings. The maximum Gasteiger partial charge on any atom is 0.0705 e. The lowest BCUT2D eigenvalue weighted by molar-refractivity contribution is 0.546. The molecular formula is C29H25NS. The predicted octanol–water partition coefficient (Wildman–Crippen LogP) is 8.52. The van der Waals surface area contributed by atoms with Gasteiger partial charge in [-0.2, -0.15) is 0 Å². The lowest BCUT2D eigenvalue weighted by Crippen LogP contribution is -1.99. The van der Waals surface area contributed by atoms with E-state index in [1.165, 1.54) is 74.5 Å². The number of pyridine rings is 1. The minimum atomic E-state index is 0.860. The highest BCUT2D eigenvalue weighted by Crippen LogP contribution is 2.38. The fraction of sp³-hybridized carbons (Fsp3) is 0.207. The summed E-state index contributed by atoms with van der Waals surface area (Å²) in [7, 11) is 0. The average Bonchev–Trinajstić information content (AvgIpc) is 3.46. The molecule has 1 aliphatic rings. The molecule has 1 nitrogen and oxygen atoms in total. The number of rotatable bonds is 4. The van der Waals surface area contributed by atoms with E-state index in [-0.39, 0.29) is 0 Å². The highest BCUT2D eigenvalue weighted by molar-refractivity contribution is 7.25. The average molecular weight is 420 g/mol. The molecule has 0 N–H and O–H groups in total. The van der Waals surface area contributed by atoms with Gasteiger partial charge >= 0.3 is 0 Å². The molecule has 0 radical (unpaired) electrons. The molecule has 0 spiro atoms. The zero-order valence-corrected chi connectivity index (χ0v) is 18.4. The van der Waals surface area contributed by atoms with Crippen LogP contribution in [0.15, 0.2) is 85.1 Å². The second-order valence-electron chi connectivity index (χ2n) is 8.79. The summed E-state index contributed by atoms with van der Waals surface area (Å²) in [5.41, 5.74) is 6.29. The van der Waals surface area contributed by atoms with Gasteiger partial charge in [0, 0.05) is 31.9 Å². The van der Waals surface area contributed by atoms with E-state index < -0.39 is 0 Å². The standard InChI is InChI=1S/C29H25NS/c1-2-8-22(9-3-1)23-11-13-28-26(18-23)25-12-10-24(19-29(25)31-28)27-17-21(14-15-30-27)16-20-6-4-5-7-20/h1-3,8-15,17-20H,4-7,16H2. The van der Waals surface area contributed by atoms with Crippen LogP contribution in [0.5, 0.6) is 0 Å². The fourth-order valence-corrected chi connectivity index (χ4v) is 6.18. The Bertz CT molecular complexity index is 1360. The number of hydrogen-bond donors (Lipinski definition) is 0. The summed E-state index contributed by atoms with van der Waals surface area (Å²) in [5, 5.41) is 2.68. The smallest absolute Gasteiger partial charge is 0.0705 e. The molecule has 31 heavy (non-hydrogen) atoms. The highest BCUT2D eigenvalue weighted by atomic mass is 32.1. The summed E-state index contributed by atoms with van der Waals surface area (Å²) < 4.78 is 2.68. The van der Waals surface area contributed by atoms with E-state index in [1.54, 1.807) is 0 Å². The highest BCUT2D eigenvalue weighted by Gasteiger charge is 2.16. The molecule has 2 heterocycles. The Morgan fingerprint density at radius 3 is 2.42 bits per heavy atom. The van der Waals surface area contributed by atoms with Crippen LogP contribution in [0.1, 0.15) is 31.2 Å². The van der Waals surface area contributed by atoms with Crippen molar-refractivity contribution in [3.8, 4) is 22.4 Å². The fourth-order valence-electron chi connectivity index (χ4n) is 5.05. The van der Waals surface area contributed by atoms with Crippen LogP contribution in [0, 0.1) is 5.92 Å². The van der Waals surface area contributed by atoms with Crippen molar-refractivity contribution in [1.82, 2.24) is 4.98 Å². The maximum atomic E-state index is 4.70. The molecule has 0 amide bonds. The largest absolute Gasteiger partial charge is 0.256 e. The molecule has 0 saturated heterocycles. The summed E-state index contributed by atoms with van der Waals surface area (Å²) in [4.78, 5) is 4.70. The third-order valence-corrected chi connectivity index (χ3v) is 7.83. The summed E-state index contributed by atoms with van der Waals surface area (Å²) in [6, 6.07) is 28.8. The van der Waals surface area contributed by atoms with Gasteiger partial charge in [0.15, 0.2) is 0 Å². The van der Waals surface area contributed by atoms with Crippen molar-refractivity contribution in [1.29, 1.82) is 0 Å². The third kappa shape index (κ3) is 3.66. The molecular weight excluding hydrogens is 394 g/mol. The van der Waals surface area contributed by atoms with Gasteiger partial charge in [-0.3, -0.25) is 4.98 Å². The number of thiophene rings is 1. The molecule has 5 aromatic rings. The molecule has 3 aromatic carbocycles. The molecule has 6 rings (SSSR count). The second-order valence-corrected chi connectivity index (χ2v) is 9.88. The van der Waals surface area contributed by atoms with Crippen LogP contribution in [0.4, 0.5) is 0 Å². The van der Waals surface area contributed by atoms with Gasteiger partial charge in [0.1, 0.15) is 0 Å². The maximum absolute atomic E-state index is 4.70. The Morgan fingerprint density at radius 1 is 0.710 bits per heavy atom. The summed E-state index contributed by atoms with van der Waals surface area (Å²) in [6.07, 6.45) is 8.75. The molecule has 0 atom stereocenters. The Morgan fingerprint density at radius 2 is 1.55 bits per heavy atom. The predicted molar refractivity (Wildman–Crippen MR) is 134 cm³/mol. The quantitative estimate of drug-likeness (QED) is 0.284. The Kier molecular flexibility index (Phi) is 4.81. The van der Waals surface area contributed by atoms with E-state index in [1.807, 2.05) is 17.5 Å². The van der Waals surface area contributed by atoms with Crippen LogP contribution in [0.3, 0.4) is 0 Å². The second kappa shape index (κ2) is 7.94. The van der Waals surface area contributed by atoms with E-state index >= 15 is 0 Å². The molecule has 2 aromatic heterocycles. The van der Waals surface area contributed by atoms with Crippen LogP contribution in [0.25, 0.3) is 42.6 Å². The summed E-state index contributed by atoms with van der Waals surface area (Å²) in [5.74, 6) is 0.860. The van der Waals surface area contributed by atoms with Gasteiger partial charge in [0.25, 0.3) is 0 Å². The van der Waals surface area contributed by atoms with Crippen molar-refractivity contribution in [2.24, 2.45) is 5.92 Å². The van der Waals surface area contributed by atoms with E-state index in [0.717, 1.165) is 11.6 Å². The minimum Gasteiger partial charge on any atom is -0.256 e. The molecule has 0 bridgehead atoms. The summed E-state index contributed by atoms with van der Waals surface area (Å²) in [6.45, 7) is 0. The first kappa shape index (κ1) is 18.8. The van der Waals surface area contributed by atoms with E-state index in [0.29, 0.717) is 0 Å². The van der Waals surface area contributed by atoms with Gasteiger partial charge in [0.2, 0.25) is 0 Å². The van der Waals surface area contributed by atoms with Gasteiger partial charge in [-0.15, -0.1) is 11.3 Å². The first-order valence-corrected chi connectivity index (χ1v) is 12.1. The Labute approximate surface area is 187 Å². The lowest BCUT2D eigenvalue weighted by Gasteiger charge is -2.10. The van der Waals surface area contributed by atoms with Crippen LogP contribution in [-0.4, -0.2) is 4.98 Å². The van der Waals surface area contributed by atoms with Gasteiger partial charge < -0.3 is 0 Å². The van der Waals surface area contributed by atoms with Crippen molar-refractivity contribution in [2.45, 2.75) is 32.1 Å². The Balaban J connectivity index is 1.37. The van der Waals surface area contributed by atoms with E-state index in [9.17, 15) is 0 Å². The van der Waals surface area contributed by atoms with Gasteiger partial charge in [0.05, 0.1) is 5.69 Å². The van der Waals surface area contributed by atoms with Crippen LogP contribution in [0.2, 0.25) is 0 Å². The number of nitrogens with zero attached hydrogens (tertiary/aromatic N) is 1. The molecule has 0 aliphatic heterocycles.